The van der Waals surface area contributed by atoms with Crippen LogP contribution in [0.15, 0.2) is 22.7 Å². The van der Waals surface area contributed by atoms with E-state index in [0.29, 0.717) is 35.9 Å². The average Bonchev–Trinajstić information content (AvgIpc) is 2.87. The van der Waals surface area contributed by atoms with Crippen molar-refractivity contribution in [3.63, 3.8) is 0 Å². The molecule has 0 unspecified atom stereocenters. The number of hydrogen-bond acceptors (Lipinski definition) is 5. The summed E-state index contributed by atoms with van der Waals surface area (Å²) in [7, 11) is 3.20. The summed E-state index contributed by atoms with van der Waals surface area (Å²) in [5.41, 5.74) is 2.49. The Kier molecular flexibility index (Phi) is 5.04. The summed E-state index contributed by atoms with van der Waals surface area (Å²) in [4.78, 5) is 13.0. The molecule has 0 saturated carbocycles. The van der Waals surface area contributed by atoms with Gasteiger partial charge in [-0.05, 0) is 38.0 Å². The Labute approximate surface area is 129 Å². The second kappa shape index (κ2) is 6.98. The van der Waals surface area contributed by atoms with Crippen molar-refractivity contribution < 1.29 is 18.8 Å². The lowest BCUT2D eigenvalue weighted by atomic mass is 10.1. The predicted octanol–water partition coefficient (Wildman–Crippen LogP) is 2.51. The number of aromatic nitrogens is 1. The van der Waals surface area contributed by atoms with Gasteiger partial charge in [0.15, 0.2) is 17.3 Å². The van der Waals surface area contributed by atoms with Gasteiger partial charge in [0.25, 0.3) is 0 Å². The molecule has 0 fully saturated rings. The lowest BCUT2D eigenvalue weighted by Crippen LogP contribution is -2.24. The van der Waals surface area contributed by atoms with E-state index in [2.05, 4.69) is 5.16 Å². The first-order valence-corrected chi connectivity index (χ1v) is 6.96. The minimum Gasteiger partial charge on any atom is -0.493 e. The molecule has 1 aromatic heterocycles. The largest absolute Gasteiger partial charge is 0.493 e. The number of methoxy groups -OCH3 is 2. The van der Waals surface area contributed by atoms with Crippen LogP contribution in [0.25, 0.3) is 0 Å². The van der Waals surface area contributed by atoms with Crippen LogP contribution in [0, 0.1) is 13.8 Å². The molecule has 0 aliphatic rings. The Hall–Kier alpha value is -2.50. The first kappa shape index (κ1) is 15.9. The molecule has 0 aliphatic carbocycles. The molecule has 0 saturated heterocycles. The van der Waals surface area contributed by atoms with Gasteiger partial charge in [0.1, 0.15) is 11.4 Å². The molecular weight excluding hydrogens is 284 g/mol. The van der Waals surface area contributed by atoms with Crippen LogP contribution in [0.2, 0.25) is 0 Å². The zero-order valence-corrected chi connectivity index (χ0v) is 13.3. The van der Waals surface area contributed by atoms with Gasteiger partial charge in [0, 0.05) is 6.54 Å². The molecule has 118 valence electrons. The Morgan fingerprint density at radius 2 is 1.95 bits per heavy atom. The van der Waals surface area contributed by atoms with Crippen molar-refractivity contribution in [3.05, 3.63) is 35.2 Å². The summed E-state index contributed by atoms with van der Waals surface area (Å²) >= 11 is 0. The van der Waals surface area contributed by atoms with Crippen LogP contribution in [0.1, 0.15) is 17.0 Å². The zero-order chi connectivity index (χ0) is 16.1. The number of carbonyl (C=O) groups is 1. The van der Waals surface area contributed by atoms with Crippen molar-refractivity contribution in [2.75, 3.05) is 25.7 Å². The maximum Gasteiger partial charge on any atom is 0.214 e. The standard InChI is InChI=1S/C16H20N2O4/c1-11-16(12(2)22-17-11)18(10-19)8-7-13-5-6-14(20-3)15(9-13)21-4/h5-6,9-10H,7-8H2,1-4H3. The average molecular weight is 304 g/mol. The minimum atomic E-state index is 0.530. The molecule has 0 spiro atoms. The quantitative estimate of drug-likeness (QED) is 0.735. The van der Waals surface area contributed by atoms with Gasteiger partial charge in [-0.15, -0.1) is 0 Å². The second-order valence-electron chi connectivity index (χ2n) is 4.91. The fourth-order valence-electron chi connectivity index (χ4n) is 2.39. The third-order valence-electron chi connectivity index (χ3n) is 3.50. The molecule has 6 nitrogen and oxygen atoms in total. The van der Waals surface area contributed by atoms with E-state index in [1.807, 2.05) is 25.1 Å². The van der Waals surface area contributed by atoms with Crippen molar-refractivity contribution in [1.82, 2.24) is 5.16 Å². The van der Waals surface area contributed by atoms with Gasteiger partial charge in [-0.2, -0.15) is 0 Å². The highest BCUT2D eigenvalue weighted by Gasteiger charge is 2.16. The van der Waals surface area contributed by atoms with Crippen molar-refractivity contribution in [2.45, 2.75) is 20.3 Å². The first-order valence-electron chi connectivity index (χ1n) is 6.96. The number of anilines is 1. The van der Waals surface area contributed by atoms with E-state index in [0.717, 1.165) is 17.7 Å². The molecule has 22 heavy (non-hydrogen) atoms. The van der Waals surface area contributed by atoms with E-state index >= 15 is 0 Å². The van der Waals surface area contributed by atoms with E-state index in [4.69, 9.17) is 14.0 Å². The number of rotatable bonds is 7. The van der Waals surface area contributed by atoms with Crippen LogP contribution in [-0.4, -0.2) is 32.3 Å². The van der Waals surface area contributed by atoms with Gasteiger partial charge in [0.2, 0.25) is 6.41 Å². The fourth-order valence-corrected chi connectivity index (χ4v) is 2.39. The number of carbonyl (C=O) groups excluding carboxylic acids is 1. The Balaban J connectivity index is 2.13. The monoisotopic (exact) mass is 304 g/mol. The SMILES string of the molecule is COc1ccc(CCN(C=O)c2c(C)noc2C)cc1OC. The van der Waals surface area contributed by atoms with Crippen molar-refractivity contribution in [2.24, 2.45) is 0 Å². The summed E-state index contributed by atoms with van der Waals surface area (Å²) in [6.45, 7) is 4.14. The highest BCUT2D eigenvalue weighted by atomic mass is 16.5. The Bertz CT molecular complexity index is 632. The maximum absolute atomic E-state index is 11.4. The van der Waals surface area contributed by atoms with E-state index in [-0.39, 0.29) is 0 Å². The first-order chi connectivity index (χ1) is 10.6. The van der Waals surface area contributed by atoms with Gasteiger partial charge < -0.3 is 18.9 Å². The highest BCUT2D eigenvalue weighted by molar-refractivity contribution is 5.77. The van der Waals surface area contributed by atoms with Crippen LogP contribution in [-0.2, 0) is 11.2 Å². The van der Waals surface area contributed by atoms with E-state index in [9.17, 15) is 4.79 Å². The summed E-state index contributed by atoms with van der Waals surface area (Å²) < 4.78 is 15.6. The summed E-state index contributed by atoms with van der Waals surface area (Å²) in [5, 5.41) is 3.88. The van der Waals surface area contributed by atoms with Gasteiger partial charge in [-0.3, -0.25) is 4.79 Å². The molecule has 0 aliphatic heterocycles. The second-order valence-corrected chi connectivity index (χ2v) is 4.91. The van der Waals surface area contributed by atoms with Crippen molar-refractivity contribution in [3.8, 4) is 11.5 Å². The molecule has 2 rings (SSSR count). The minimum absolute atomic E-state index is 0.530. The normalized spacial score (nSPS) is 10.4. The topological polar surface area (TPSA) is 64.8 Å². The van der Waals surface area contributed by atoms with Crippen LogP contribution in [0.4, 0.5) is 5.69 Å². The molecule has 0 atom stereocenters. The Morgan fingerprint density at radius 3 is 2.50 bits per heavy atom. The zero-order valence-electron chi connectivity index (χ0n) is 13.3. The van der Waals surface area contributed by atoms with Gasteiger partial charge in [0.05, 0.1) is 14.2 Å². The van der Waals surface area contributed by atoms with Gasteiger partial charge in [-0.25, -0.2) is 0 Å². The maximum atomic E-state index is 11.4. The molecule has 1 heterocycles. The summed E-state index contributed by atoms with van der Waals surface area (Å²) in [6.07, 6.45) is 1.48. The van der Waals surface area contributed by atoms with Crippen molar-refractivity contribution >= 4 is 12.1 Å². The van der Waals surface area contributed by atoms with Crippen LogP contribution < -0.4 is 14.4 Å². The number of ether oxygens (including phenoxy) is 2. The van der Waals surface area contributed by atoms with Crippen LogP contribution in [0.3, 0.4) is 0 Å². The number of amides is 1. The van der Waals surface area contributed by atoms with E-state index in [1.165, 1.54) is 0 Å². The van der Waals surface area contributed by atoms with Crippen molar-refractivity contribution in [1.29, 1.82) is 0 Å². The van der Waals surface area contributed by atoms with Crippen LogP contribution >= 0.6 is 0 Å². The summed E-state index contributed by atoms with van der Waals surface area (Å²) in [6, 6.07) is 5.72. The molecule has 0 radical (unpaired) electrons. The molecular formula is C16H20N2O4. The Morgan fingerprint density at radius 1 is 1.23 bits per heavy atom. The van der Waals surface area contributed by atoms with Gasteiger partial charge in [-0.1, -0.05) is 11.2 Å². The highest BCUT2D eigenvalue weighted by Crippen LogP contribution is 2.28. The van der Waals surface area contributed by atoms with E-state index in [1.54, 1.807) is 26.0 Å². The molecule has 1 amide bonds. The molecule has 0 bridgehead atoms. The fraction of sp³-hybridized carbons (Fsp3) is 0.375. The van der Waals surface area contributed by atoms with Gasteiger partial charge >= 0.3 is 0 Å². The van der Waals surface area contributed by atoms with Crippen LogP contribution in [0.5, 0.6) is 11.5 Å². The lowest BCUT2D eigenvalue weighted by Gasteiger charge is -2.17. The summed E-state index contributed by atoms with van der Waals surface area (Å²) in [5.74, 6) is 2.00. The molecule has 6 heteroatoms. The smallest absolute Gasteiger partial charge is 0.214 e. The number of aryl methyl sites for hydroxylation is 2. The lowest BCUT2D eigenvalue weighted by molar-refractivity contribution is -0.107. The number of benzene rings is 1. The molecule has 0 N–H and O–H groups in total. The number of nitrogens with zero attached hydrogens (tertiary/aromatic N) is 2. The third-order valence-corrected chi connectivity index (χ3v) is 3.50. The molecule has 2 aromatic rings. The number of hydrogen-bond donors (Lipinski definition) is 0. The predicted molar refractivity (Wildman–Crippen MR) is 82.6 cm³/mol. The molecule has 1 aromatic carbocycles. The third kappa shape index (κ3) is 3.21. The van der Waals surface area contributed by atoms with E-state index < -0.39 is 0 Å².